The molecule has 3 N–H and O–H groups in total. The minimum atomic E-state index is -0.353. The van der Waals surface area contributed by atoms with Gasteiger partial charge in [0.1, 0.15) is 0 Å². The molecule has 0 aliphatic heterocycles. The van der Waals surface area contributed by atoms with E-state index < -0.39 is 0 Å². The van der Waals surface area contributed by atoms with Gasteiger partial charge in [-0.2, -0.15) is 0 Å². The molecule has 0 fully saturated rings. The summed E-state index contributed by atoms with van der Waals surface area (Å²) in [5.41, 5.74) is 10.5. The molecule has 0 unspecified atom stereocenters. The number of thioether (sulfide) groups is 1. The van der Waals surface area contributed by atoms with Gasteiger partial charge >= 0.3 is 0 Å². The molecule has 0 aliphatic carbocycles. The Morgan fingerprint density at radius 3 is 2.35 bits per heavy atom. The van der Waals surface area contributed by atoms with Gasteiger partial charge in [-0.05, 0) is 42.3 Å². The van der Waals surface area contributed by atoms with E-state index in [4.69, 9.17) is 0 Å². The van der Waals surface area contributed by atoms with Gasteiger partial charge in [0.25, 0.3) is 5.91 Å². The number of hydrazine groups is 1. The van der Waals surface area contributed by atoms with E-state index in [0.29, 0.717) is 5.56 Å². The van der Waals surface area contributed by atoms with Crippen LogP contribution in [0.3, 0.4) is 0 Å². The number of rotatable bonds is 6. The highest BCUT2D eigenvalue weighted by Crippen LogP contribution is 2.23. The summed E-state index contributed by atoms with van der Waals surface area (Å²) in [7, 11) is 0. The molecule has 31 heavy (non-hydrogen) atoms. The molecular formula is C24H22N4O2S. The number of aromatic nitrogens is 2. The van der Waals surface area contributed by atoms with Crippen molar-refractivity contribution in [3.05, 3.63) is 95.1 Å². The van der Waals surface area contributed by atoms with Crippen molar-refractivity contribution in [3.8, 4) is 0 Å². The van der Waals surface area contributed by atoms with Crippen LogP contribution in [0, 0.1) is 6.92 Å². The number of nitrogens with one attached hydrogen (secondary N) is 3. The van der Waals surface area contributed by atoms with E-state index in [2.05, 4.69) is 20.8 Å². The first kappa shape index (κ1) is 20.7. The first-order chi connectivity index (χ1) is 15.1. The third kappa shape index (κ3) is 5.52. The number of carbonyl (C=O) groups excluding carboxylic acids is 2. The van der Waals surface area contributed by atoms with Crippen LogP contribution in [-0.2, 0) is 17.0 Å². The van der Waals surface area contributed by atoms with Gasteiger partial charge in [0.2, 0.25) is 5.91 Å². The maximum atomic E-state index is 12.3. The largest absolute Gasteiger partial charge is 0.333 e. The minimum Gasteiger partial charge on any atom is -0.333 e. The Morgan fingerprint density at radius 1 is 0.903 bits per heavy atom. The molecule has 0 atom stereocenters. The van der Waals surface area contributed by atoms with E-state index in [9.17, 15) is 9.59 Å². The SMILES string of the molecule is Cc1ccc(CC(=O)NNC(=O)c2ccc(CSc3nc4ccccc4[nH]3)cc2)cc1. The number of benzene rings is 3. The number of fused-ring (bicyclic) bond motifs is 1. The number of carbonyl (C=O) groups is 2. The van der Waals surface area contributed by atoms with Crippen molar-refractivity contribution >= 4 is 34.6 Å². The lowest BCUT2D eigenvalue weighted by atomic mass is 10.1. The average Bonchev–Trinajstić information content (AvgIpc) is 3.21. The molecule has 0 radical (unpaired) electrons. The molecule has 2 amide bonds. The van der Waals surface area contributed by atoms with Crippen LogP contribution in [-0.4, -0.2) is 21.8 Å². The standard InChI is InChI=1S/C24H22N4O2S/c1-16-6-8-17(9-7-16)14-22(29)27-28-23(30)19-12-10-18(11-13-19)15-31-24-25-20-4-2-3-5-21(20)26-24/h2-13H,14-15H2,1H3,(H,25,26)(H,27,29)(H,28,30). The second kappa shape index (κ2) is 9.49. The second-order valence-corrected chi connectivity index (χ2v) is 8.17. The highest BCUT2D eigenvalue weighted by atomic mass is 32.2. The highest BCUT2D eigenvalue weighted by Gasteiger charge is 2.09. The fourth-order valence-electron chi connectivity index (χ4n) is 3.04. The van der Waals surface area contributed by atoms with Crippen LogP contribution in [0.5, 0.6) is 0 Å². The van der Waals surface area contributed by atoms with Crippen LogP contribution in [0.1, 0.15) is 27.0 Å². The summed E-state index contributed by atoms with van der Waals surface area (Å²) in [5, 5.41) is 0.860. The normalized spacial score (nSPS) is 10.7. The number of hydrogen-bond acceptors (Lipinski definition) is 4. The Morgan fingerprint density at radius 2 is 1.61 bits per heavy atom. The van der Waals surface area contributed by atoms with Gasteiger partial charge in [0.15, 0.2) is 5.16 Å². The van der Waals surface area contributed by atoms with E-state index in [-0.39, 0.29) is 18.2 Å². The Labute approximate surface area is 184 Å². The van der Waals surface area contributed by atoms with Crippen LogP contribution >= 0.6 is 11.8 Å². The lowest BCUT2D eigenvalue weighted by molar-refractivity contribution is -0.121. The molecule has 0 spiro atoms. The summed E-state index contributed by atoms with van der Waals surface area (Å²) in [6, 6.07) is 22.9. The molecule has 6 nitrogen and oxygen atoms in total. The number of hydrogen-bond donors (Lipinski definition) is 3. The molecular weight excluding hydrogens is 408 g/mol. The predicted octanol–water partition coefficient (Wildman–Crippen LogP) is 4.17. The maximum Gasteiger partial charge on any atom is 0.269 e. The zero-order valence-corrected chi connectivity index (χ0v) is 17.8. The number of imidazole rings is 1. The molecule has 156 valence electrons. The molecule has 0 bridgehead atoms. The molecule has 7 heteroatoms. The Balaban J connectivity index is 1.26. The summed E-state index contributed by atoms with van der Waals surface area (Å²) < 4.78 is 0. The lowest BCUT2D eigenvalue weighted by Gasteiger charge is -2.08. The van der Waals surface area contributed by atoms with Gasteiger partial charge in [-0.15, -0.1) is 0 Å². The van der Waals surface area contributed by atoms with Crippen LogP contribution in [0.4, 0.5) is 0 Å². The van der Waals surface area contributed by atoms with Crippen molar-refractivity contribution in [1.29, 1.82) is 0 Å². The molecule has 0 saturated heterocycles. The van der Waals surface area contributed by atoms with Crippen LogP contribution < -0.4 is 10.9 Å². The molecule has 1 heterocycles. The number of nitrogens with zero attached hydrogens (tertiary/aromatic N) is 1. The van der Waals surface area contributed by atoms with Crippen molar-refractivity contribution < 1.29 is 9.59 Å². The second-order valence-electron chi connectivity index (χ2n) is 7.21. The number of para-hydroxylation sites is 2. The summed E-state index contributed by atoms with van der Waals surface area (Å²) >= 11 is 1.61. The first-order valence-electron chi connectivity index (χ1n) is 9.88. The Hall–Kier alpha value is -3.58. The van der Waals surface area contributed by atoms with Crippen molar-refractivity contribution in [2.24, 2.45) is 0 Å². The van der Waals surface area contributed by atoms with Gasteiger partial charge < -0.3 is 4.98 Å². The summed E-state index contributed by atoms with van der Waals surface area (Å²) in [5.74, 6) is 0.111. The molecule has 0 saturated carbocycles. The van der Waals surface area contributed by atoms with Crippen LogP contribution in [0.25, 0.3) is 11.0 Å². The Bertz CT molecular complexity index is 1170. The maximum absolute atomic E-state index is 12.3. The topological polar surface area (TPSA) is 86.9 Å². The van der Waals surface area contributed by atoms with E-state index in [0.717, 1.165) is 38.6 Å². The van der Waals surface area contributed by atoms with E-state index >= 15 is 0 Å². The molecule has 0 aliphatic rings. The van der Waals surface area contributed by atoms with E-state index in [1.807, 2.05) is 67.6 Å². The third-order valence-electron chi connectivity index (χ3n) is 4.76. The number of aryl methyl sites for hydroxylation is 1. The van der Waals surface area contributed by atoms with E-state index in [1.165, 1.54) is 0 Å². The fourth-order valence-corrected chi connectivity index (χ4v) is 3.88. The summed E-state index contributed by atoms with van der Waals surface area (Å²) in [6.45, 7) is 1.99. The fraction of sp³-hybridized carbons (Fsp3) is 0.125. The average molecular weight is 431 g/mol. The predicted molar refractivity (Wildman–Crippen MR) is 123 cm³/mol. The summed E-state index contributed by atoms with van der Waals surface area (Å²) in [4.78, 5) is 32.2. The molecule has 4 aromatic rings. The van der Waals surface area contributed by atoms with E-state index in [1.54, 1.807) is 23.9 Å². The smallest absolute Gasteiger partial charge is 0.269 e. The quantitative estimate of drug-likeness (QED) is 0.317. The lowest BCUT2D eigenvalue weighted by Crippen LogP contribution is -2.42. The van der Waals surface area contributed by atoms with Crippen molar-refractivity contribution in [2.45, 2.75) is 24.3 Å². The van der Waals surface area contributed by atoms with Crippen LogP contribution in [0.15, 0.2) is 78.0 Å². The van der Waals surface area contributed by atoms with Crippen LogP contribution in [0.2, 0.25) is 0 Å². The number of amides is 2. The summed E-state index contributed by atoms with van der Waals surface area (Å²) in [6.07, 6.45) is 0.207. The highest BCUT2D eigenvalue weighted by molar-refractivity contribution is 7.98. The van der Waals surface area contributed by atoms with Crippen molar-refractivity contribution in [3.63, 3.8) is 0 Å². The molecule has 3 aromatic carbocycles. The van der Waals surface area contributed by atoms with Gasteiger partial charge in [-0.1, -0.05) is 65.9 Å². The minimum absolute atomic E-state index is 0.207. The van der Waals surface area contributed by atoms with Crippen molar-refractivity contribution in [1.82, 2.24) is 20.8 Å². The monoisotopic (exact) mass is 430 g/mol. The Kier molecular flexibility index (Phi) is 6.33. The van der Waals surface area contributed by atoms with Gasteiger partial charge in [0.05, 0.1) is 17.5 Å². The third-order valence-corrected chi connectivity index (χ3v) is 5.70. The van der Waals surface area contributed by atoms with Gasteiger partial charge in [-0.3, -0.25) is 20.4 Å². The van der Waals surface area contributed by atoms with Gasteiger partial charge in [0, 0.05) is 11.3 Å². The zero-order chi connectivity index (χ0) is 21.6. The van der Waals surface area contributed by atoms with Crippen molar-refractivity contribution in [2.75, 3.05) is 0 Å². The van der Waals surface area contributed by atoms with Gasteiger partial charge in [-0.25, -0.2) is 4.98 Å². The zero-order valence-electron chi connectivity index (χ0n) is 17.0. The number of H-pyrrole nitrogens is 1. The first-order valence-corrected chi connectivity index (χ1v) is 10.9. The molecule has 4 rings (SSSR count). The molecule has 1 aromatic heterocycles. The number of aromatic amines is 1.